The SMILES string of the molecule is CC(C)NC(=O)N1CCC2CCCC21. The number of amides is 2. The summed E-state index contributed by atoms with van der Waals surface area (Å²) in [7, 11) is 0. The monoisotopic (exact) mass is 196 g/mol. The van der Waals surface area contributed by atoms with Gasteiger partial charge in [0.1, 0.15) is 0 Å². The van der Waals surface area contributed by atoms with Gasteiger partial charge in [-0.1, -0.05) is 6.42 Å². The van der Waals surface area contributed by atoms with Crippen molar-refractivity contribution in [2.75, 3.05) is 6.54 Å². The molecule has 1 N–H and O–H groups in total. The zero-order chi connectivity index (χ0) is 10.1. The van der Waals surface area contributed by atoms with Crippen LogP contribution in [0, 0.1) is 5.92 Å². The Morgan fingerprint density at radius 3 is 2.86 bits per heavy atom. The normalized spacial score (nSPS) is 30.9. The predicted octanol–water partition coefficient (Wildman–Crippen LogP) is 1.98. The van der Waals surface area contributed by atoms with E-state index < -0.39 is 0 Å². The quantitative estimate of drug-likeness (QED) is 0.683. The first-order chi connectivity index (χ1) is 6.68. The maximum atomic E-state index is 11.8. The lowest BCUT2D eigenvalue weighted by Crippen LogP contribution is -2.45. The molecule has 0 spiro atoms. The zero-order valence-corrected chi connectivity index (χ0v) is 9.12. The number of urea groups is 1. The highest BCUT2D eigenvalue weighted by Crippen LogP contribution is 2.37. The summed E-state index contributed by atoms with van der Waals surface area (Å²) >= 11 is 0. The molecule has 0 radical (unpaired) electrons. The fraction of sp³-hybridized carbons (Fsp3) is 0.909. The molecule has 0 bridgehead atoms. The van der Waals surface area contributed by atoms with Crippen molar-refractivity contribution in [3.8, 4) is 0 Å². The van der Waals surface area contributed by atoms with Crippen molar-refractivity contribution >= 4 is 6.03 Å². The van der Waals surface area contributed by atoms with Crippen LogP contribution in [0.1, 0.15) is 39.5 Å². The van der Waals surface area contributed by atoms with E-state index in [1.165, 1.54) is 25.7 Å². The molecule has 2 unspecified atom stereocenters. The maximum Gasteiger partial charge on any atom is 0.317 e. The van der Waals surface area contributed by atoms with Crippen molar-refractivity contribution in [3.63, 3.8) is 0 Å². The van der Waals surface area contributed by atoms with E-state index in [-0.39, 0.29) is 12.1 Å². The highest BCUT2D eigenvalue weighted by Gasteiger charge is 2.39. The van der Waals surface area contributed by atoms with E-state index in [1.807, 2.05) is 13.8 Å². The molecule has 14 heavy (non-hydrogen) atoms. The standard InChI is InChI=1S/C11H20N2O/c1-8(2)12-11(14)13-7-6-9-4-3-5-10(9)13/h8-10H,3-7H2,1-2H3,(H,12,14). The molecule has 80 valence electrons. The molecule has 3 heteroatoms. The second kappa shape index (κ2) is 3.79. The maximum absolute atomic E-state index is 11.8. The second-order valence-corrected chi connectivity index (χ2v) is 4.84. The van der Waals surface area contributed by atoms with Crippen molar-refractivity contribution in [2.45, 2.75) is 51.6 Å². The van der Waals surface area contributed by atoms with E-state index in [0.717, 1.165) is 12.5 Å². The van der Waals surface area contributed by atoms with Gasteiger partial charge in [0.05, 0.1) is 0 Å². The van der Waals surface area contributed by atoms with Gasteiger partial charge in [-0.05, 0) is 39.0 Å². The van der Waals surface area contributed by atoms with Gasteiger partial charge in [-0.15, -0.1) is 0 Å². The Morgan fingerprint density at radius 1 is 1.36 bits per heavy atom. The summed E-state index contributed by atoms with van der Waals surface area (Å²) in [6, 6.07) is 0.950. The topological polar surface area (TPSA) is 32.3 Å². The molecule has 2 atom stereocenters. The number of nitrogens with one attached hydrogen (secondary N) is 1. The summed E-state index contributed by atoms with van der Waals surface area (Å²) in [5.41, 5.74) is 0. The summed E-state index contributed by atoms with van der Waals surface area (Å²) < 4.78 is 0. The van der Waals surface area contributed by atoms with Crippen LogP contribution in [0.2, 0.25) is 0 Å². The molecule has 2 rings (SSSR count). The third-order valence-corrected chi connectivity index (χ3v) is 3.43. The molecule has 0 aromatic heterocycles. The lowest BCUT2D eigenvalue weighted by molar-refractivity contribution is 0.187. The van der Waals surface area contributed by atoms with Gasteiger partial charge in [-0.2, -0.15) is 0 Å². The van der Waals surface area contributed by atoms with Crippen LogP contribution in [-0.4, -0.2) is 29.6 Å². The van der Waals surface area contributed by atoms with Gasteiger partial charge in [0.2, 0.25) is 0 Å². The average molecular weight is 196 g/mol. The van der Waals surface area contributed by atoms with E-state index in [0.29, 0.717) is 6.04 Å². The number of hydrogen-bond donors (Lipinski definition) is 1. The Labute approximate surface area is 85.8 Å². The van der Waals surface area contributed by atoms with Crippen molar-refractivity contribution in [3.05, 3.63) is 0 Å². The smallest absolute Gasteiger partial charge is 0.317 e. The van der Waals surface area contributed by atoms with Crippen molar-refractivity contribution < 1.29 is 4.79 Å². The molecular formula is C11H20N2O. The molecule has 1 saturated heterocycles. The summed E-state index contributed by atoms with van der Waals surface area (Å²) in [4.78, 5) is 13.9. The zero-order valence-electron chi connectivity index (χ0n) is 9.12. The third-order valence-electron chi connectivity index (χ3n) is 3.43. The van der Waals surface area contributed by atoms with Gasteiger partial charge in [0.25, 0.3) is 0 Å². The number of carbonyl (C=O) groups is 1. The van der Waals surface area contributed by atoms with Crippen LogP contribution in [0.4, 0.5) is 4.79 Å². The molecule has 2 amide bonds. The fourth-order valence-corrected chi connectivity index (χ4v) is 2.82. The van der Waals surface area contributed by atoms with Crippen LogP contribution in [-0.2, 0) is 0 Å². The minimum Gasteiger partial charge on any atom is -0.336 e. The summed E-state index contributed by atoms with van der Waals surface area (Å²) in [6.07, 6.45) is 5.07. The third kappa shape index (κ3) is 1.72. The minimum absolute atomic E-state index is 0.148. The number of hydrogen-bond acceptors (Lipinski definition) is 1. The van der Waals surface area contributed by atoms with E-state index in [9.17, 15) is 4.79 Å². The first-order valence-electron chi connectivity index (χ1n) is 5.75. The lowest BCUT2D eigenvalue weighted by atomic mass is 10.1. The van der Waals surface area contributed by atoms with Gasteiger partial charge in [0, 0.05) is 18.6 Å². The predicted molar refractivity (Wildman–Crippen MR) is 56.1 cm³/mol. The van der Waals surface area contributed by atoms with Crippen molar-refractivity contribution in [1.82, 2.24) is 10.2 Å². The van der Waals surface area contributed by atoms with E-state index in [1.54, 1.807) is 0 Å². The van der Waals surface area contributed by atoms with Crippen molar-refractivity contribution in [2.24, 2.45) is 5.92 Å². The Balaban J connectivity index is 1.94. The van der Waals surface area contributed by atoms with Crippen LogP contribution in [0.5, 0.6) is 0 Å². The molecule has 2 aliphatic rings. The molecule has 0 aromatic rings. The van der Waals surface area contributed by atoms with Crippen molar-refractivity contribution in [1.29, 1.82) is 0 Å². The fourth-order valence-electron chi connectivity index (χ4n) is 2.82. The van der Waals surface area contributed by atoms with Gasteiger partial charge in [-0.25, -0.2) is 4.79 Å². The number of fused-ring (bicyclic) bond motifs is 1. The van der Waals surface area contributed by atoms with Crippen LogP contribution >= 0.6 is 0 Å². The Kier molecular flexibility index (Phi) is 2.66. The highest BCUT2D eigenvalue weighted by molar-refractivity contribution is 5.75. The summed E-state index contributed by atoms with van der Waals surface area (Å²) in [6.45, 7) is 4.99. The Bertz CT molecular complexity index is 227. The number of carbonyl (C=O) groups excluding carboxylic acids is 1. The molecule has 2 fully saturated rings. The molecular weight excluding hydrogens is 176 g/mol. The minimum atomic E-state index is 0.148. The largest absolute Gasteiger partial charge is 0.336 e. The van der Waals surface area contributed by atoms with Gasteiger partial charge in [-0.3, -0.25) is 0 Å². The average Bonchev–Trinajstić information content (AvgIpc) is 2.59. The molecule has 1 heterocycles. The first kappa shape index (κ1) is 9.81. The van der Waals surface area contributed by atoms with Gasteiger partial charge >= 0.3 is 6.03 Å². The highest BCUT2D eigenvalue weighted by atomic mass is 16.2. The second-order valence-electron chi connectivity index (χ2n) is 4.84. The number of rotatable bonds is 1. The number of nitrogens with zero attached hydrogens (tertiary/aromatic N) is 1. The van der Waals surface area contributed by atoms with Crippen LogP contribution in [0.25, 0.3) is 0 Å². The van der Waals surface area contributed by atoms with Gasteiger partial charge < -0.3 is 10.2 Å². The Hall–Kier alpha value is -0.730. The molecule has 0 aromatic carbocycles. The Morgan fingerprint density at radius 2 is 2.14 bits per heavy atom. The first-order valence-corrected chi connectivity index (χ1v) is 5.75. The van der Waals surface area contributed by atoms with E-state index in [4.69, 9.17) is 0 Å². The van der Waals surface area contributed by atoms with E-state index >= 15 is 0 Å². The van der Waals surface area contributed by atoms with Crippen LogP contribution in [0.3, 0.4) is 0 Å². The molecule has 3 nitrogen and oxygen atoms in total. The molecule has 1 saturated carbocycles. The summed E-state index contributed by atoms with van der Waals surface area (Å²) in [5, 5.41) is 2.98. The lowest BCUT2D eigenvalue weighted by Gasteiger charge is -2.25. The van der Waals surface area contributed by atoms with Crippen LogP contribution < -0.4 is 5.32 Å². The van der Waals surface area contributed by atoms with Crippen LogP contribution in [0.15, 0.2) is 0 Å². The van der Waals surface area contributed by atoms with Gasteiger partial charge in [0.15, 0.2) is 0 Å². The molecule has 1 aliphatic heterocycles. The summed E-state index contributed by atoms with van der Waals surface area (Å²) in [5.74, 6) is 0.799. The van der Waals surface area contributed by atoms with E-state index in [2.05, 4.69) is 10.2 Å². The molecule has 1 aliphatic carbocycles. The number of likely N-dealkylation sites (tertiary alicyclic amines) is 1.